The molecule has 0 bridgehead atoms. The van der Waals surface area contributed by atoms with Crippen molar-refractivity contribution >= 4 is 11.8 Å². The predicted molar refractivity (Wildman–Crippen MR) is 83.7 cm³/mol. The molecule has 1 atom stereocenters. The van der Waals surface area contributed by atoms with Crippen LogP contribution in [-0.4, -0.2) is 16.8 Å². The number of nitrogens with one attached hydrogen (secondary N) is 2. The van der Waals surface area contributed by atoms with Gasteiger partial charge in [0.15, 0.2) is 0 Å². The lowest BCUT2D eigenvalue weighted by Crippen LogP contribution is -2.33. The molecule has 0 spiro atoms. The molecule has 5 heteroatoms. The summed E-state index contributed by atoms with van der Waals surface area (Å²) in [7, 11) is 0. The Morgan fingerprint density at radius 1 is 1.05 bits per heavy atom. The average molecular weight is 297 g/mol. The van der Waals surface area contributed by atoms with Gasteiger partial charge in [-0.25, -0.2) is 0 Å². The first-order chi connectivity index (χ1) is 10.6. The highest BCUT2D eigenvalue weighted by Crippen LogP contribution is 2.10. The van der Waals surface area contributed by atoms with E-state index in [2.05, 4.69) is 15.6 Å². The molecule has 0 aliphatic rings. The van der Waals surface area contributed by atoms with Gasteiger partial charge in [-0.05, 0) is 24.6 Å². The predicted octanol–water partition coefficient (Wildman–Crippen LogP) is 1.97. The highest BCUT2D eigenvalue weighted by atomic mass is 16.2. The van der Waals surface area contributed by atoms with Crippen LogP contribution in [0.1, 0.15) is 30.6 Å². The molecule has 2 amide bonds. The highest BCUT2D eigenvalue weighted by Gasteiger charge is 2.13. The van der Waals surface area contributed by atoms with Crippen molar-refractivity contribution < 1.29 is 9.59 Å². The van der Waals surface area contributed by atoms with E-state index in [0.29, 0.717) is 6.54 Å². The lowest BCUT2D eigenvalue weighted by Gasteiger charge is -2.14. The molecule has 114 valence electrons. The number of benzene rings is 1. The monoisotopic (exact) mass is 297 g/mol. The van der Waals surface area contributed by atoms with Crippen molar-refractivity contribution in [1.29, 1.82) is 0 Å². The molecule has 0 aliphatic carbocycles. The van der Waals surface area contributed by atoms with E-state index in [4.69, 9.17) is 0 Å². The highest BCUT2D eigenvalue weighted by molar-refractivity contribution is 5.96. The molecule has 1 unspecified atom stereocenters. The molecule has 0 saturated heterocycles. The minimum atomic E-state index is -0.316. The maximum absolute atomic E-state index is 11.9. The first-order valence-corrected chi connectivity index (χ1v) is 7.16. The van der Waals surface area contributed by atoms with E-state index in [0.717, 1.165) is 11.3 Å². The number of aromatic nitrogens is 1. The van der Waals surface area contributed by atoms with E-state index in [1.807, 2.05) is 55.5 Å². The number of carbonyl (C=O) groups excluding carboxylic acids is 2. The van der Waals surface area contributed by atoms with Crippen molar-refractivity contribution in [2.45, 2.75) is 25.9 Å². The first kappa shape index (κ1) is 15.7. The topological polar surface area (TPSA) is 71.1 Å². The van der Waals surface area contributed by atoms with Crippen LogP contribution in [0, 0.1) is 0 Å². The van der Waals surface area contributed by atoms with Gasteiger partial charge in [-0.15, -0.1) is 0 Å². The number of nitrogens with zero attached hydrogens (tertiary/aromatic N) is 1. The minimum Gasteiger partial charge on any atom is -0.350 e. The lowest BCUT2D eigenvalue weighted by atomic mass is 10.1. The van der Waals surface area contributed by atoms with Gasteiger partial charge in [0.2, 0.25) is 11.8 Å². The molecule has 1 heterocycles. The molecule has 2 aromatic rings. The van der Waals surface area contributed by atoms with Crippen LogP contribution in [0.3, 0.4) is 0 Å². The van der Waals surface area contributed by atoms with Gasteiger partial charge in [0.1, 0.15) is 6.42 Å². The van der Waals surface area contributed by atoms with Gasteiger partial charge in [0, 0.05) is 6.20 Å². The molecule has 0 fully saturated rings. The summed E-state index contributed by atoms with van der Waals surface area (Å²) < 4.78 is 0. The summed E-state index contributed by atoms with van der Waals surface area (Å²) in [6.45, 7) is 2.21. The molecule has 0 saturated carbocycles. The van der Waals surface area contributed by atoms with Gasteiger partial charge in [-0.3, -0.25) is 14.6 Å². The van der Waals surface area contributed by atoms with Gasteiger partial charge in [-0.1, -0.05) is 36.4 Å². The van der Waals surface area contributed by atoms with E-state index < -0.39 is 0 Å². The Balaban J connectivity index is 1.75. The molecule has 5 nitrogen and oxygen atoms in total. The molecule has 2 N–H and O–H groups in total. The van der Waals surface area contributed by atoms with Gasteiger partial charge in [-0.2, -0.15) is 0 Å². The molecule has 2 rings (SSSR count). The number of pyridine rings is 1. The van der Waals surface area contributed by atoms with Crippen LogP contribution in [0.15, 0.2) is 54.7 Å². The third kappa shape index (κ3) is 5.01. The van der Waals surface area contributed by atoms with E-state index in [1.54, 1.807) is 6.20 Å². The summed E-state index contributed by atoms with van der Waals surface area (Å²) >= 11 is 0. The zero-order valence-corrected chi connectivity index (χ0v) is 12.5. The second kappa shape index (κ2) is 7.93. The fraction of sp³-hybridized carbons (Fsp3) is 0.235. The summed E-state index contributed by atoms with van der Waals surface area (Å²) in [4.78, 5) is 27.7. The summed E-state index contributed by atoms with van der Waals surface area (Å²) in [5.41, 5.74) is 1.76. The minimum absolute atomic E-state index is 0.128. The smallest absolute Gasteiger partial charge is 0.229 e. The van der Waals surface area contributed by atoms with Gasteiger partial charge in [0.05, 0.1) is 18.3 Å². The SMILES string of the molecule is CC(NC(=O)CC(=O)NCc1ccccn1)c1ccccc1. The standard InChI is InChI=1S/C17H19N3O2/c1-13(14-7-3-2-4-8-14)20-17(22)11-16(21)19-12-15-9-5-6-10-18-15/h2-10,13H,11-12H2,1H3,(H,19,21)(H,20,22). The summed E-state index contributed by atoms with van der Waals surface area (Å²) in [6, 6.07) is 15.0. The third-order valence-corrected chi connectivity index (χ3v) is 3.19. The molecule has 0 aliphatic heterocycles. The second-order valence-electron chi connectivity index (χ2n) is 4.97. The van der Waals surface area contributed by atoms with Crippen molar-refractivity contribution in [2.24, 2.45) is 0 Å². The van der Waals surface area contributed by atoms with Crippen LogP contribution < -0.4 is 10.6 Å². The van der Waals surface area contributed by atoms with Gasteiger partial charge in [0.25, 0.3) is 0 Å². The van der Waals surface area contributed by atoms with Crippen molar-refractivity contribution in [1.82, 2.24) is 15.6 Å². The Bertz CT molecular complexity index is 614. The Morgan fingerprint density at radius 3 is 2.45 bits per heavy atom. The molecule has 1 aromatic heterocycles. The fourth-order valence-corrected chi connectivity index (χ4v) is 2.02. The number of hydrogen-bond donors (Lipinski definition) is 2. The van der Waals surface area contributed by atoms with Crippen LogP contribution >= 0.6 is 0 Å². The average Bonchev–Trinajstić information content (AvgIpc) is 2.54. The molecule has 22 heavy (non-hydrogen) atoms. The van der Waals surface area contributed by atoms with Gasteiger partial charge >= 0.3 is 0 Å². The third-order valence-electron chi connectivity index (χ3n) is 3.19. The van der Waals surface area contributed by atoms with Crippen molar-refractivity contribution in [2.75, 3.05) is 0 Å². The molecule has 0 radical (unpaired) electrons. The summed E-state index contributed by atoms with van der Waals surface area (Å²) in [5.74, 6) is -0.613. The van der Waals surface area contributed by atoms with Crippen LogP contribution in [0.4, 0.5) is 0 Å². The van der Waals surface area contributed by atoms with E-state index in [9.17, 15) is 9.59 Å². The van der Waals surface area contributed by atoms with Crippen LogP contribution in [0.25, 0.3) is 0 Å². The van der Waals surface area contributed by atoms with Crippen molar-refractivity contribution in [3.05, 3.63) is 66.0 Å². The van der Waals surface area contributed by atoms with E-state index in [-0.39, 0.29) is 24.3 Å². The molecular weight excluding hydrogens is 278 g/mol. The number of hydrogen-bond acceptors (Lipinski definition) is 3. The number of amides is 2. The normalized spacial score (nSPS) is 11.5. The Hall–Kier alpha value is -2.69. The van der Waals surface area contributed by atoms with Gasteiger partial charge < -0.3 is 10.6 Å². The summed E-state index contributed by atoms with van der Waals surface area (Å²) in [5, 5.41) is 5.49. The largest absolute Gasteiger partial charge is 0.350 e. The molecular formula is C17H19N3O2. The molecule has 1 aromatic carbocycles. The maximum atomic E-state index is 11.9. The zero-order valence-electron chi connectivity index (χ0n) is 12.5. The van der Waals surface area contributed by atoms with E-state index in [1.165, 1.54) is 0 Å². The second-order valence-corrected chi connectivity index (χ2v) is 4.97. The Morgan fingerprint density at radius 2 is 1.77 bits per heavy atom. The first-order valence-electron chi connectivity index (χ1n) is 7.16. The Kier molecular flexibility index (Phi) is 5.65. The maximum Gasteiger partial charge on any atom is 0.229 e. The quantitative estimate of drug-likeness (QED) is 0.801. The summed E-state index contributed by atoms with van der Waals surface area (Å²) in [6.07, 6.45) is 1.47. The fourth-order valence-electron chi connectivity index (χ4n) is 2.02. The van der Waals surface area contributed by atoms with Crippen molar-refractivity contribution in [3.63, 3.8) is 0 Å². The number of carbonyl (C=O) groups is 2. The van der Waals surface area contributed by atoms with Crippen LogP contribution in [-0.2, 0) is 16.1 Å². The van der Waals surface area contributed by atoms with E-state index >= 15 is 0 Å². The van der Waals surface area contributed by atoms with Crippen LogP contribution in [0.2, 0.25) is 0 Å². The van der Waals surface area contributed by atoms with Crippen LogP contribution in [0.5, 0.6) is 0 Å². The Labute approximate surface area is 129 Å². The number of rotatable bonds is 6. The zero-order chi connectivity index (χ0) is 15.8. The van der Waals surface area contributed by atoms with Crippen molar-refractivity contribution in [3.8, 4) is 0 Å². The lowest BCUT2D eigenvalue weighted by molar-refractivity contribution is -0.129.